The van der Waals surface area contributed by atoms with Crippen LogP contribution in [0.15, 0.2) is 12.1 Å². The summed E-state index contributed by atoms with van der Waals surface area (Å²) in [6.07, 6.45) is 3.64. The first-order valence-corrected chi connectivity index (χ1v) is 11.0. The zero-order valence-electron chi connectivity index (χ0n) is 17.7. The standard InChI is InChI=1S/C23H31NO5/c1-13-11-14(2)29-23(28-13)8-7-22(25)17-12-15-5-6-16(26-4)19-18(15)21(22,20(23)27-19)9-10-24(17)3/h5-6,13-14,17,20,25H,7-12H2,1-4H3/t13-,14+,17-,20-,21+,22?,23-/m1/s1. The van der Waals surface area contributed by atoms with Gasteiger partial charge in [-0.3, -0.25) is 0 Å². The third-order valence-electron chi connectivity index (χ3n) is 8.40. The number of likely N-dealkylation sites (tertiary alicyclic amines) is 1. The first kappa shape index (κ1) is 18.4. The fourth-order valence-corrected chi connectivity index (χ4v) is 7.37. The number of methoxy groups -OCH3 is 1. The molecule has 1 unspecified atom stereocenters. The van der Waals surface area contributed by atoms with Crippen LogP contribution >= 0.6 is 0 Å². The Balaban J connectivity index is 1.61. The Morgan fingerprint density at radius 3 is 2.62 bits per heavy atom. The average molecular weight is 402 g/mol. The van der Waals surface area contributed by atoms with Gasteiger partial charge in [0.15, 0.2) is 17.6 Å². The van der Waals surface area contributed by atoms with Crippen molar-refractivity contribution in [2.24, 2.45) is 0 Å². The largest absolute Gasteiger partial charge is 0.493 e. The van der Waals surface area contributed by atoms with Gasteiger partial charge in [-0.05, 0) is 64.8 Å². The van der Waals surface area contributed by atoms with Gasteiger partial charge in [0.25, 0.3) is 0 Å². The number of piperidine rings is 1. The van der Waals surface area contributed by atoms with E-state index in [-0.39, 0.29) is 24.4 Å². The first-order chi connectivity index (χ1) is 13.8. The Hall–Kier alpha value is -1.34. The quantitative estimate of drug-likeness (QED) is 0.780. The molecular weight excluding hydrogens is 370 g/mol. The van der Waals surface area contributed by atoms with Crippen LogP contribution < -0.4 is 9.47 Å². The van der Waals surface area contributed by atoms with E-state index in [9.17, 15) is 5.11 Å². The van der Waals surface area contributed by atoms with Gasteiger partial charge in [-0.1, -0.05) is 6.07 Å². The summed E-state index contributed by atoms with van der Waals surface area (Å²) in [5.41, 5.74) is 1.01. The van der Waals surface area contributed by atoms with Crippen LogP contribution in [0.1, 0.15) is 50.7 Å². The van der Waals surface area contributed by atoms with E-state index in [0.29, 0.717) is 12.8 Å². The van der Waals surface area contributed by atoms with Crippen LogP contribution in [-0.2, 0) is 21.3 Å². The van der Waals surface area contributed by atoms with E-state index in [4.69, 9.17) is 18.9 Å². The number of likely N-dealkylation sites (N-methyl/N-ethyl adjacent to an activating group) is 1. The maximum Gasteiger partial charge on any atom is 0.207 e. The molecule has 6 heteroatoms. The smallest absolute Gasteiger partial charge is 0.207 e. The highest BCUT2D eigenvalue weighted by atomic mass is 16.7. The summed E-state index contributed by atoms with van der Waals surface area (Å²) in [5, 5.41) is 12.3. The molecule has 6 rings (SSSR count). The third-order valence-corrected chi connectivity index (χ3v) is 8.40. The molecule has 3 aliphatic heterocycles. The molecule has 6 nitrogen and oxygen atoms in total. The second-order valence-corrected chi connectivity index (χ2v) is 9.88. The van der Waals surface area contributed by atoms with Crippen molar-refractivity contribution in [1.82, 2.24) is 4.90 Å². The lowest BCUT2D eigenvalue weighted by Gasteiger charge is -2.66. The van der Waals surface area contributed by atoms with Crippen molar-refractivity contribution in [1.29, 1.82) is 0 Å². The molecule has 2 aliphatic carbocycles. The fraction of sp³-hybridized carbons (Fsp3) is 0.739. The van der Waals surface area contributed by atoms with Crippen LogP contribution in [0.4, 0.5) is 0 Å². The Kier molecular flexibility index (Phi) is 3.60. The minimum absolute atomic E-state index is 0.0741. The lowest BCUT2D eigenvalue weighted by Crippen LogP contribution is -2.80. The SMILES string of the molecule is COc1ccc2c3c1O[C@H]1[C@]4(CCC5(O)[C@@H](C2)N(C)CC[C@]315)O[C@H](C)C[C@H](C)O4. The molecule has 2 spiro atoms. The monoisotopic (exact) mass is 401 g/mol. The fourth-order valence-electron chi connectivity index (χ4n) is 7.37. The number of hydrogen-bond donors (Lipinski definition) is 1. The Labute approximate surface area is 172 Å². The highest BCUT2D eigenvalue weighted by Gasteiger charge is 2.77. The van der Waals surface area contributed by atoms with Crippen LogP contribution in [-0.4, -0.2) is 66.5 Å². The molecule has 2 bridgehead atoms. The van der Waals surface area contributed by atoms with E-state index in [1.54, 1.807) is 7.11 Å². The molecule has 1 N–H and O–H groups in total. The molecule has 3 fully saturated rings. The summed E-state index contributed by atoms with van der Waals surface area (Å²) in [6.45, 7) is 5.15. The molecule has 158 valence electrons. The van der Waals surface area contributed by atoms with Crippen molar-refractivity contribution in [2.45, 2.75) is 87.1 Å². The van der Waals surface area contributed by atoms with Crippen LogP contribution in [0, 0.1) is 0 Å². The first-order valence-electron chi connectivity index (χ1n) is 11.0. The summed E-state index contributed by atoms with van der Waals surface area (Å²) < 4.78 is 25.5. The number of rotatable bonds is 1. The number of nitrogens with zero attached hydrogens (tertiary/aromatic N) is 1. The van der Waals surface area contributed by atoms with Gasteiger partial charge in [0.2, 0.25) is 5.79 Å². The van der Waals surface area contributed by atoms with E-state index in [1.807, 2.05) is 6.07 Å². The summed E-state index contributed by atoms with van der Waals surface area (Å²) in [5.74, 6) is 0.692. The maximum atomic E-state index is 12.3. The lowest BCUT2D eigenvalue weighted by atomic mass is 9.48. The molecule has 2 saturated heterocycles. The van der Waals surface area contributed by atoms with Gasteiger partial charge in [0.1, 0.15) is 0 Å². The molecule has 3 heterocycles. The topological polar surface area (TPSA) is 60.4 Å². The molecule has 1 saturated carbocycles. The molecule has 0 radical (unpaired) electrons. The highest BCUT2D eigenvalue weighted by Crippen LogP contribution is 2.68. The van der Waals surface area contributed by atoms with Gasteiger partial charge in [-0.25, -0.2) is 0 Å². The van der Waals surface area contributed by atoms with Gasteiger partial charge in [0, 0.05) is 18.0 Å². The summed E-state index contributed by atoms with van der Waals surface area (Å²) in [7, 11) is 3.82. The van der Waals surface area contributed by atoms with Crippen molar-refractivity contribution in [2.75, 3.05) is 20.7 Å². The minimum atomic E-state index is -0.864. The van der Waals surface area contributed by atoms with Crippen LogP contribution in [0.25, 0.3) is 0 Å². The summed E-state index contributed by atoms with van der Waals surface area (Å²) >= 11 is 0. The second kappa shape index (κ2) is 5.67. The van der Waals surface area contributed by atoms with Gasteiger partial charge < -0.3 is 29.0 Å². The molecule has 0 aromatic heterocycles. The second-order valence-electron chi connectivity index (χ2n) is 9.88. The normalized spacial score (nSPS) is 47.6. The number of hydrogen-bond acceptors (Lipinski definition) is 6. The lowest BCUT2D eigenvalue weighted by molar-refractivity contribution is -0.378. The van der Waals surface area contributed by atoms with Crippen molar-refractivity contribution >= 4 is 0 Å². The van der Waals surface area contributed by atoms with Crippen molar-refractivity contribution in [3.8, 4) is 11.5 Å². The van der Waals surface area contributed by atoms with Gasteiger partial charge in [0.05, 0.1) is 30.3 Å². The molecule has 7 atom stereocenters. The average Bonchev–Trinajstić information content (AvgIpc) is 3.03. The van der Waals surface area contributed by atoms with Crippen molar-refractivity contribution in [3.63, 3.8) is 0 Å². The highest BCUT2D eigenvalue weighted by molar-refractivity contribution is 5.63. The summed E-state index contributed by atoms with van der Waals surface area (Å²) in [6, 6.07) is 4.24. The molecule has 0 amide bonds. The van der Waals surface area contributed by atoms with Gasteiger partial charge in [-0.15, -0.1) is 0 Å². The van der Waals surface area contributed by atoms with Crippen LogP contribution in [0.5, 0.6) is 11.5 Å². The molecule has 1 aromatic rings. The zero-order chi connectivity index (χ0) is 20.2. The molecule has 5 aliphatic rings. The Morgan fingerprint density at radius 1 is 1.14 bits per heavy atom. The van der Waals surface area contributed by atoms with Crippen molar-refractivity contribution < 1.29 is 24.1 Å². The molecular formula is C23H31NO5. The summed E-state index contributed by atoms with van der Waals surface area (Å²) in [4.78, 5) is 2.33. The maximum absolute atomic E-state index is 12.3. The number of benzene rings is 1. The Morgan fingerprint density at radius 2 is 1.90 bits per heavy atom. The zero-order valence-corrected chi connectivity index (χ0v) is 17.7. The van der Waals surface area contributed by atoms with E-state index < -0.39 is 16.8 Å². The predicted molar refractivity (Wildman–Crippen MR) is 106 cm³/mol. The van der Waals surface area contributed by atoms with E-state index >= 15 is 0 Å². The van der Waals surface area contributed by atoms with Crippen molar-refractivity contribution in [3.05, 3.63) is 23.3 Å². The van der Waals surface area contributed by atoms with E-state index in [2.05, 4.69) is 31.9 Å². The minimum Gasteiger partial charge on any atom is -0.493 e. The van der Waals surface area contributed by atoms with E-state index in [1.165, 1.54) is 5.56 Å². The molecule has 29 heavy (non-hydrogen) atoms. The number of ether oxygens (including phenoxy) is 4. The number of aliphatic hydroxyl groups is 1. The predicted octanol–water partition coefficient (Wildman–Crippen LogP) is 2.39. The molecule has 1 aromatic carbocycles. The van der Waals surface area contributed by atoms with E-state index in [0.717, 1.165) is 42.9 Å². The van der Waals surface area contributed by atoms with Crippen LogP contribution in [0.3, 0.4) is 0 Å². The van der Waals surface area contributed by atoms with Crippen LogP contribution in [0.2, 0.25) is 0 Å². The number of fused-ring (bicyclic) bond motifs is 1. The Bertz CT molecular complexity index is 863. The van der Waals surface area contributed by atoms with Gasteiger partial charge in [-0.2, -0.15) is 0 Å². The van der Waals surface area contributed by atoms with Gasteiger partial charge >= 0.3 is 0 Å². The third kappa shape index (κ3) is 2.02.